The Balaban J connectivity index is 1.63. The largest absolute Gasteiger partial charge is 0.490 e. The topological polar surface area (TPSA) is 60.5 Å². The molecule has 1 aromatic carbocycles. The third-order valence-electron chi connectivity index (χ3n) is 4.11. The van der Waals surface area contributed by atoms with E-state index < -0.39 is 0 Å². The van der Waals surface area contributed by atoms with Crippen LogP contribution >= 0.6 is 22.7 Å². The second-order valence-corrected chi connectivity index (χ2v) is 7.83. The molecule has 2 heterocycles. The maximum atomic E-state index is 12.5. The third-order valence-corrected chi connectivity index (χ3v) is 5.73. The molecular formula is C21H24N2O3S2. The van der Waals surface area contributed by atoms with E-state index in [1.54, 1.807) is 22.7 Å². The maximum Gasteiger partial charge on any atom is 0.226 e. The van der Waals surface area contributed by atoms with Crippen LogP contribution in [0.2, 0.25) is 0 Å². The summed E-state index contributed by atoms with van der Waals surface area (Å²) in [5.74, 6) is 1.36. The van der Waals surface area contributed by atoms with E-state index in [-0.39, 0.29) is 18.4 Å². The van der Waals surface area contributed by atoms with E-state index in [4.69, 9.17) is 9.47 Å². The Morgan fingerprint density at radius 1 is 1.14 bits per heavy atom. The molecule has 1 unspecified atom stereocenters. The van der Waals surface area contributed by atoms with Gasteiger partial charge in [0.15, 0.2) is 11.5 Å². The van der Waals surface area contributed by atoms with Gasteiger partial charge in [-0.05, 0) is 49.9 Å². The SMILES string of the molecule is CCOc1ccc(C(C)NC(=O)Cc2csc(-c3ccsc3)n2)cc1OCC. The molecule has 7 heteroatoms. The van der Waals surface area contributed by atoms with Gasteiger partial charge >= 0.3 is 0 Å². The van der Waals surface area contributed by atoms with Crippen molar-refractivity contribution in [3.63, 3.8) is 0 Å². The van der Waals surface area contributed by atoms with Crippen LogP contribution in [-0.2, 0) is 11.2 Å². The Hall–Kier alpha value is -2.38. The van der Waals surface area contributed by atoms with Gasteiger partial charge in [-0.3, -0.25) is 4.79 Å². The molecule has 0 aliphatic heterocycles. The number of carbonyl (C=O) groups excluding carboxylic acids is 1. The summed E-state index contributed by atoms with van der Waals surface area (Å²) in [6.45, 7) is 6.97. The number of rotatable bonds is 9. The highest BCUT2D eigenvalue weighted by Crippen LogP contribution is 2.31. The highest BCUT2D eigenvalue weighted by Gasteiger charge is 2.15. The molecule has 3 aromatic rings. The van der Waals surface area contributed by atoms with E-state index in [2.05, 4.69) is 15.7 Å². The highest BCUT2D eigenvalue weighted by atomic mass is 32.1. The number of nitrogens with zero attached hydrogens (tertiary/aromatic N) is 1. The van der Waals surface area contributed by atoms with Gasteiger partial charge < -0.3 is 14.8 Å². The van der Waals surface area contributed by atoms with Gasteiger partial charge in [-0.15, -0.1) is 11.3 Å². The van der Waals surface area contributed by atoms with Crippen LogP contribution in [0.4, 0.5) is 0 Å². The molecule has 0 aliphatic carbocycles. The molecule has 1 atom stereocenters. The minimum Gasteiger partial charge on any atom is -0.490 e. The van der Waals surface area contributed by atoms with Gasteiger partial charge in [-0.25, -0.2) is 4.98 Å². The first kappa shape index (κ1) is 20.4. The van der Waals surface area contributed by atoms with Gasteiger partial charge in [0.05, 0.1) is 31.4 Å². The van der Waals surface area contributed by atoms with Gasteiger partial charge in [0, 0.05) is 16.3 Å². The van der Waals surface area contributed by atoms with Gasteiger partial charge in [-0.2, -0.15) is 11.3 Å². The van der Waals surface area contributed by atoms with Crippen LogP contribution in [0.1, 0.15) is 38.1 Å². The van der Waals surface area contributed by atoms with Crippen molar-refractivity contribution in [3.05, 3.63) is 51.7 Å². The summed E-state index contributed by atoms with van der Waals surface area (Å²) >= 11 is 3.20. The lowest BCUT2D eigenvalue weighted by Crippen LogP contribution is -2.28. The number of thiazole rings is 1. The molecule has 0 spiro atoms. The second kappa shape index (κ2) is 9.71. The first-order valence-corrected chi connectivity index (χ1v) is 11.1. The Morgan fingerprint density at radius 2 is 1.93 bits per heavy atom. The van der Waals surface area contributed by atoms with Gasteiger partial charge in [0.25, 0.3) is 0 Å². The monoisotopic (exact) mass is 416 g/mol. The van der Waals surface area contributed by atoms with Crippen molar-refractivity contribution in [2.45, 2.75) is 33.2 Å². The fourth-order valence-corrected chi connectivity index (χ4v) is 4.32. The van der Waals surface area contributed by atoms with Crippen molar-refractivity contribution in [2.75, 3.05) is 13.2 Å². The van der Waals surface area contributed by atoms with Gasteiger partial charge in [0.2, 0.25) is 5.91 Å². The first-order valence-electron chi connectivity index (χ1n) is 9.26. The van der Waals surface area contributed by atoms with Crippen molar-refractivity contribution in [2.24, 2.45) is 0 Å². The second-order valence-electron chi connectivity index (χ2n) is 6.19. The van der Waals surface area contributed by atoms with Crippen LogP contribution in [0.15, 0.2) is 40.4 Å². The molecule has 0 bridgehead atoms. The molecule has 2 aromatic heterocycles. The predicted octanol–water partition coefficient (Wildman–Crippen LogP) is 5.09. The zero-order valence-corrected chi connectivity index (χ0v) is 17.9. The standard InChI is InChI=1S/C21H24N2O3S2/c1-4-25-18-7-6-15(10-19(18)26-5-2)14(3)22-20(24)11-17-13-28-21(23-17)16-8-9-27-12-16/h6-10,12-14H,4-5,11H2,1-3H3,(H,22,24). The van der Waals surface area contributed by atoms with E-state index in [1.165, 1.54) is 0 Å². The van der Waals surface area contributed by atoms with Crippen molar-refractivity contribution >= 4 is 28.6 Å². The van der Waals surface area contributed by atoms with E-state index in [0.717, 1.165) is 27.6 Å². The number of ether oxygens (including phenoxy) is 2. The zero-order chi connectivity index (χ0) is 19.9. The molecule has 0 saturated carbocycles. The number of thiophene rings is 1. The normalized spacial score (nSPS) is 11.8. The first-order chi connectivity index (χ1) is 13.6. The van der Waals surface area contributed by atoms with Gasteiger partial charge in [-0.1, -0.05) is 6.07 Å². The van der Waals surface area contributed by atoms with E-state index >= 15 is 0 Å². The molecule has 0 saturated heterocycles. The summed E-state index contributed by atoms with van der Waals surface area (Å²) in [6, 6.07) is 7.67. The van der Waals surface area contributed by atoms with Crippen LogP contribution < -0.4 is 14.8 Å². The number of carbonyl (C=O) groups is 1. The lowest BCUT2D eigenvalue weighted by Gasteiger charge is -2.17. The molecule has 0 aliphatic rings. The molecule has 3 rings (SSSR count). The Kier molecular flexibility index (Phi) is 7.06. The Bertz CT molecular complexity index is 906. The van der Waals surface area contributed by atoms with E-state index in [1.807, 2.05) is 55.8 Å². The number of nitrogens with one attached hydrogen (secondary N) is 1. The van der Waals surface area contributed by atoms with Crippen LogP contribution in [0.5, 0.6) is 11.5 Å². The van der Waals surface area contributed by atoms with E-state index in [9.17, 15) is 4.79 Å². The lowest BCUT2D eigenvalue weighted by atomic mass is 10.1. The van der Waals surface area contributed by atoms with Crippen molar-refractivity contribution < 1.29 is 14.3 Å². The number of aromatic nitrogens is 1. The van der Waals surface area contributed by atoms with Crippen LogP contribution in [-0.4, -0.2) is 24.1 Å². The molecule has 1 amide bonds. The average molecular weight is 417 g/mol. The number of hydrogen-bond donors (Lipinski definition) is 1. The minimum atomic E-state index is -0.141. The molecule has 5 nitrogen and oxygen atoms in total. The summed E-state index contributed by atoms with van der Waals surface area (Å²) in [5, 5.41) is 10.0. The fourth-order valence-electron chi connectivity index (χ4n) is 2.78. The quantitative estimate of drug-likeness (QED) is 0.528. The number of hydrogen-bond acceptors (Lipinski definition) is 6. The van der Waals surface area contributed by atoms with Crippen molar-refractivity contribution in [3.8, 4) is 22.1 Å². The molecule has 1 N–H and O–H groups in total. The summed E-state index contributed by atoms with van der Waals surface area (Å²) < 4.78 is 11.3. The summed E-state index contributed by atoms with van der Waals surface area (Å²) in [7, 11) is 0. The molecule has 0 fully saturated rings. The molecular weight excluding hydrogens is 392 g/mol. The fraction of sp³-hybridized carbons (Fsp3) is 0.333. The minimum absolute atomic E-state index is 0.0542. The average Bonchev–Trinajstić information content (AvgIpc) is 3.35. The molecule has 0 radical (unpaired) electrons. The van der Waals surface area contributed by atoms with Crippen LogP contribution in [0.3, 0.4) is 0 Å². The number of benzene rings is 1. The summed E-state index contributed by atoms with van der Waals surface area (Å²) in [4.78, 5) is 17.0. The third kappa shape index (κ3) is 5.11. The lowest BCUT2D eigenvalue weighted by molar-refractivity contribution is -0.121. The maximum absolute atomic E-state index is 12.5. The van der Waals surface area contributed by atoms with E-state index in [0.29, 0.717) is 19.0 Å². The Labute approximate surface area is 173 Å². The van der Waals surface area contributed by atoms with Crippen molar-refractivity contribution in [1.82, 2.24) is 10.3 Å². The van der Waals surface area contributed by atoms with Gasteiger partial charge in [0.1, 0.15) is 5.01 Å². The molecule has 28 heavy (non-hydrogen) atoms. The van der Waals surface area contributed by atoms with Crippen LogP contribution in [0.25, 0.3) is 10.6 Å². The zero-order valence-electron chi connectivity index (χ0n) is 16.2. The smallest absolute Gasteiger partial charge is 0.226 e. The van der Waals surface area contributed by atoms with Crippen molar-refractivity contribution in [1.29, 1.82) is 0 Å². The summed E-state index contributed by atoms with van der Waals surface area (Å²) in [6.07, 6.45) is 0.264. The Morgan fingerprint density at radius 3 is 2.64 bits per heavy atom. The highest BCUT2D eigenvalue weighted by molar-refractivity contribution is 7.14. The summed E-state index contributed by atoms with van der Waals surface area (Å²) in [5.41, 5.74) is 2.86. The van der Waals surface area contributed by atoms with Crippen LogP contribution in [0, 0.1) is 0 Å². The molecule has 148 valence electrons. The predicted molar refractivity (Wildman–Crippen MR) is 114 cm³/mol. The number of amides is 1.